The molecular weight excluding hydrogens is 218 g/mol. The molecule has 4 heteroatoms. The molecule has 0 spiro atoms. The number of thiocarbonyl (C=S) groups is 1. The van der Waals surface area contributed by atoms with Gasteiger partial charge in [0.25, 0.3) is 0 Å². The topological polar surface area (TPSA) is 42.1 Å². The molecule has 16 heavy (non-hydrogen) atoms. The summed E-state index contributed by atoms with van der Waals surface area (Å²) in [6, 6.07) is 4.37. The first-order valence-electron chi connectivity index (χ1n) is 5.55. The first-order chi connectivity index (χ1) is 7.56. The van der Waals surface area contributed by atoms with Crippen molar-refractivity contribution in [3.8, 4) is 0 Å². The van der Waals surface area contributed by atoms with Crippen molar-refractivity contribution in [1.82, 2.24) is 4.98 Å². The number of hydrogen-bond donors (Lipinski definition) is 1. The lowest BCUT2D eigenvalue weighted by molar-refractivity contribution is 0.611. The van der Waals surface area contributed by atoms with Crippen molar-refractivity contribution < 1.29 is 0 Å². The fourth-order valence-electron chi connectivity index (χ4n) is 1.58. The Morgan fingerprint density at radius 3 is 2.69 bits per heavy atom. The van der Waals surface area contributed by atoms with Gasteiger partial charge in [0.1, 0.15) is 10.8 Å². The van der Waals surface area contributed by atoms with Crippen LogP contribution >= 0.6 is 12.2 Å². The normalized spacial score (nSPS) is 12.2. The van der Waals surface area contributed by atoms with Gasteiger partial charge in [-0.2, -0.15) is 0 Å². The molecule has 0 fully saturated rings. The van der Waals surface area contributed by atoms with E-state index in [0.29, 0.717) is 11.0 Å². The lowest BCUT2D eigenvalue weighted by Gasteiger charge is -2.25. The highest BCUT2D eigenvalue weighted by Gasteiger charge is 2.10. The van der Waals surface area contributed by atoms with E-state index in [9.17, 15) is 0 Å². The Bertz CT molecular complexity index is 348. The maximum absolute atomic E-state index is 5.53. The molecule has 1 heterocycles. The van der Waals surface area contributed by atoms with Gasteiger partial charge in [-0.25, -0.2) is 4.98 Å². The average Bonchev–Trinajstić information content (AvgIpc) is 2.28. The van der Waals surface area contributed by atoms with Crippen LogP contribution in [0.3, 0.4) is 0 Å². The van der Waals surface area contributed by atoms with Crippen LogP contribution in [0, 0.1) is 0 Å². The van der Waals surface area contributed by atoms with E-state index in [2.05, 4.69) is 30.8 Å². The predicted molar refractivity (Wildman–Crippen MR) is 72.9 cm³/mol. The zero-order chi connectivity index (χ0) is 12.1. The van der Waals surface area contributed by atoms with Crippen LogP contribution in [0.25, 0.3) is 0 Å². The van der Waals surface area contributed by atoms with Gasteiger partial charge in [0.05, 0.1) is 0 Å². The highest BCUT2D eigenvalue weighted by Crippen LogP contribution is 2.14. The van der Waals surface area contributed by atoms with E-state index in [1.165, 1.54) is 6.42 Å². The van der Waals surface area contributed by atoms with Gasteiger partial charge in [0, 0.05) is 24.8 Å². The molecule has 1 aromatic rings. The molecule has 3 nitrogen and oxygen atoms in total. The first kappa shape index (κ1) is 12.9. The summed E-state index contributed by atoms with van der Waals surface area (Å²) in [6.45, 7) is 4.39. The monoisotopic (exact) mass is 237 g/mol. The second kappa shape index (κ2) is 5.80. The number of anilines is 1. The second-order valence-corrected chi connectivity index (χ2v) is 4.46. The quantitative estimate of drug-likeness (QED) is 0.798. The number of rotatable bonds is 5. The third-order valence-electron chi connectivity index (χ3n) is 2.76. The van der Waals surface area contributed by atoms with Crippen molar-refractivity contribution >= 4 is 23.0 Å². The van der Waals surface area contributed by atoms with Crippen molar-refractivity contribution in [2.75, 3.05) is 11.9 Å². The molecule has 0 aliphatic heterocycles. The summed E-state index contributed by atoms with van der Waals surface area (Å²) >= 11 is 4.89. The van der Waals surface area contributed by atoms with Gasteiger partial charge < -0.3 is 10.6 Å². The summed E-state index contributed by atoms with van der Waals surface area (Å²) in [5, 5.41) is 0. The summed E-state index contributed by atoms with van der Waals surface area (Å²) in [5.74, 6) is 0.959. The first-order valence-corrected chi connectivity index (χ1v) is 5.95. The molecule has 0 saturated heterocycles. The predicted octanol–water partition coefficient (Wildman–Crippen LogP) is 2.34. The van der Waals surface area contributed by atoms with Gasteiger partial charge in [0.15, 0.2) is 0 Å². The van der Waals surface area contributed by atoms with Crippen molar-refractivity contribution in [1.29, 1.82) is 0 Å². The lowest BCUT2D eigenvalue weighted by atomic mass is 10.1. The van der Waals surface area contributed by atoms with E-state index < -0.39 is 0 Å². The summed E-state index contributed by atoms with van der Waals surface area (Å²) in [7, 11) is 2.06. The molecule has 1 aromatic heterocycles. The van der Waals surface area contributed by atoms with E-state index in [0.717, 1.165) is 17.8 Å². The van der Waals surface area contributed by atoms with Crippen LogP contribution in [0.2, 0.25) is 0 Å². The molecule has 0 amide bonds. The molecule has 1 rings (SSSR count). The third kappa shape index (κ3) is 3.17. The molecule has 0 saturated carbocycles. The Labute approximate surface area is 103 Å². The van der Waals surface area contributed by atoms with Crippen LogP contribution in [0.15, 0.2) is 18.3 Å². The van der Waals surface area contributed by atoms with Crippen LogP contribution < -0.4 is 10.6 Å². The van der Waals surface area contributed by atoms with Gasteiger partial charge in [-0.3, -0.25) is 0 Å². The minimum Gasteiger partial charge on any atom is -0.389 e. The standard InChI is InChI=1S/C12H19N3S/c1-4-5-9(2)15(3)11-7-6-10(8-14-11)12(13)16/h6-9H,4-5H2,1-3H3,(H2,13,16). The summed E-state index contributed by atoms with van der Waals surface area (Å²) < 4.78 is 0. The van der Waals surface area contributed by atoms with Crippen molar-refractivity contribution in [2.24, 2.45) is 5.73 Å². The molecule has 0 aliphatic carbocycles. The number of pyridine rings is 1. The van der Waals surface area contributed by atoms with Gasteiger partial charge >= 0.3 is 0 Å². The zero-order valence-electron chi connectivity index (χ0n) is 10.1. The molecule has 0 aliphatic rings. The molecule has 0 bridgehead atoms. The molecule has 0 radical (unpaired) electrons. The molecule has 1 unspecified atom stereocenters. The van der Waals surface area contributed by atoms with E-state index >= 15 is 0 Å². The van der Waals surface area contributed by atoms with Gasteiger partial charge in [-0.05, 0) is 25.5 Å². The molecular formula is C12H19N3S. The Kier molecular flexibility index (Phi) is 4.68. The van der Waals surface area contributed by atoms with Crippen LogP contribution in [-0.2, 0) is 0 Å². The van der Waals surface area contributed by atoms with Crippen molar-refractivity contribution in [2.45, 2.75) is 32.7 Å². The maximum Gasteiger partial charge on any atom is 0.128 e. The Hall–Kier alpha value is -1.16. The van der Waals surface area contributed by atoms with Crippen molar-refractivity contribution in [3.63, 3.8) is 0 Å². The Morgan fingerprint density at radius 2 is 2.25 bits per heavy atom. The van der Waals surface area contributed by atoms with Crippen LogP contribution in [-0.4, -0.2) is 23.1 Å². The summed E-state index contributed by atoms with van der Waals surface area (Å²) in [5.41, 5.74) is 6.34. The number of aromatic nitrogens is 1. The smallest absolute Gasteiger partial charge is 0.128 e. The van der Waals surface area contributed by atoms with E-state index in [4.69, 9.17) is 18.0 Å². The van der Waals surface area contributed by atoms with Gasteiger partial charge in [-0.1, -0.05) is 25.6 Å². The van der Waals surface area contributed by atoms with Crippen LogP contribution in [0.1, 0.15) is 32.3 Å². The largest absolute Gasteiger partial charge is 0.389 e. The highest BCUT2D eigenvalue weighted by atomic mass is 32.1. The molecule has 2 N–H and O–H groups in total. The maximum atomic E-state index is 5.53. The van der Waals surface area contributed by atoms with E-state index in [1.54, 1.807) is 6.20 Å². The second-order valence-electron chi connectivity index (χ2n) is 4.02. The minimum atomic E-state index is 0.392. The molecule has 1 atom stereocenters. The van der Waals surface area contributed by atoms with Crippen LogP contribution in [0.5, 0.6) is 0 Å². The number of nitrogens with zero attached hydrogens (tertiary/aromatic N) is 2. The Balaban J connectivity index is 2.77. The van der Waals surface area contributed by atoms with Crippen LogP contribution in [0.4, 0.5) is 5.82 Å². The van der Waals surface area contributed by atoms with Gasteiger partial charge in [-0.15, -0.1) is 0 Å². The fourth-order valence-corrected chi connectivity index (χ4v) is 1.70. The SMILES string of the molecule is CCCC(C)N(C)c1ccc(C(N)=S)cn1. The third-order valence-corrected chi connectivity index (χ3v) is 3.00. The summed E-state index contributed by atoms with van der Waals surface area (Å²) in [6.07, 6.45) is 4.07. The minimum absolute atomic E-state index is 0.392. The average molecular weight is 237 g/mol. The molecule has 0 aromatic carbocycles. The highest BCUT2D eigenvalue weighted by molar-refractivity contribution is 7.80. The number of nitrogens with two attached hydrogens (primary N) is 1. The fraction of sp³-hybridized carbons (Fsp3) is 0.500. The zero-order valence-corrected chi connectivity index (χ0v) is 10.9. The lowest BCUT2D eigenvalue weighted by Crippen LogP contribution is -2.29. The van der Waals surface area contributed by atoms with Crippen molar-refractivity contribution in [3.05, 3.63) is 23.9 Å². The Morgan fingerprint density at radius 1 is 1.56 bits per heavy atom. The number of hydrogen-bond acceptors (Lipinski definition) is 3. The van der Waals surface area contributed by atoms with Gasteiger partial charge in [0.2, 0.25) is 0 Å². The van der Waals surface area contributed by atoms with E-state index in [-0.39, 0.29) is 0 Å². The molecule has 88 valence electrons. The summed E-state index contributed by atoms with van der Waals surface area (Å²) in [4.78, 5) is 6.93. The van der Waals surface area contributed by atoms with E-state index in [1.807, 2.05) is 12.1 Å².